The highest BCUT2D eigenvalue weighted by Gasteiger charge is 2.12. The van der Waals surface area contributed by atoms with Gasteiger partial charge in [-0.15, -0.1) is 0 Å². The summed E-state index contributed by atoms with van der Waals surface area (Å²) < 4.78 is 2.00. The maximum atomic E-state index is 6.56. The molecule has 0 aliphatic rings. The smallest absolute Gasteiger partial charge is 0.119 e. The highest BCUT2D eigenvalue weighted by Crippen LogP contribution is 2.27. The fourth-order valence-electron chi connectivity index (χ4n) is 3.02. The minimum atomic E-state index is 0.631. The Morgan fingerprint density at radius 1 is 0.962 bits per heavy atom. The predicted molar refractivity (Wildman–Crippen MR) is 115 cm³/mol. The third-order valence-electron chi connectivity index (χ3n) is 4.44. The number of fused-ring (bicyclic) bond motifs is 1. The number of hydrogen-bond acceptors (Lipinski definition) is 2. The Hall–Kier alpha value is -2.62. The van der Waals surface area contributed by atoms with Crippen LogP contribution in [0.1, 0.15) is 11.1 Å². The van der Waals surface area contributed by atoms with E-state index >= 15 is 0 Å². The van der Waals surface area contributed by atoms with Gasteiger partial charge in [0.1, 0.15) is 4.99 Å². The molecule has 1 aromatic heterocycles. The molecule has 1 N–H and O–H groups in total. The molecule has 0 saturated carbocycles. The predicted octanol–water partition coefficient (Wildman–Crippen LogP) is 6.57. The Morgan fingerprint density at radius 3 is 2.54 bits per heavy atom. The molecule has 0 fully saturated rings. The van der Waals surface area contributed by atoms with E-state index in [1.165, 1.54) is 5.56 Å². The summed E-state index contributed by atoms with van der Waals surface area (Å²) in [6, 6.07) is 24.3. The first-order chi connectivity index (χ1) is 12.6. The van der Waals surface area contributed by atoms with Crippen LogP contribution in [0.2, 0.25) is 5.02 Å². The van der Waals surface area contributed by atoms with Gasteiger partial charge in [-0.3, -0.25) is 0 Å². The average molecular weight is 377 g/mol. The van der Waals surface area contributed by atoms with Gasteiger partial charge in [0, 0.05) is 23.1 Å². The lowest BCUT2D eigenvalue weighted by atomic mass is 10.1. The standard InChI is InChI=1S/C22H17ClN2S/c1-15-6-2-4-8-20(15)24-17-10-11-18(19(23)14-17)22(26)25-13-12-16-7-3-5-9-21(16)25/h2-14,24H,1H3. The molecule has 0 spiro atoms. The van der Waals surface area contributed by atoms with Crippen molar-refractivity contribution in [2.24, 2.45) is 0 Å². The van der Waals surface area contributed by atoms with Gasteiger partial charge < -0.3 is 9.88 Å². The van der Waals surface area contributed by atoms with Crippen molar-refractivity contribution in [1.82, 2.24) is 4.57 Å². The summed E-state index contributed by atoms with van der Waals surface area (Å²) in [4.78, 5) is 0.693. The Kier molecular flexibility index (Phi) is 4.49. The third kappa shape index (κ3) is 3.12. The van der Waals surface area contributed by atoms with Crippen LogP contribution < -0.4 is 5.32 Å². The van der Waals surface area contributed by atoms with Gasteiger partial charge in [-0.25, -0.2) is 0 Å². The maximum Gasteiger partial charge on any atom is 0.119 e. The quantitative estimate of drug-likeness (QED) is 0.407. The number of rotatable bonds is 3. The summed E-state index contributed by atoms with van der Waals surface area (Å²) in [6.45, 7) is 2.07. The Labute approximate surface area is 163 Å². The molecular formula is C22H17ClN2S. The number of halogens is 1. The van der Waals surface area contributed by atoms with Crippen molar-refractivity contribution < 1.29 is 0 Å². The van der Waals surface area contributed by atoms with Crippen molar-refractivity contribution in [3.8, 4) is 0 Å². The van der Waals surface area contributed by atoms with E-state index in [1.54, 1.807) is 0 Å². The molecule has 4 rings (SSSR count). The van der Waals surface area contributed by atoms with Gasteiger partial charge in [0.05, 0.1) is 10.5 Å². The highest BCUT2D eigenvalue weighted by molar-refractivity contribution is 7.80. The van der Waals surface area contributed by atoms with E-state index in [-0.39, 0.29) is 0 Å². The molecule has 0 amide bonds. The van der Waals surface area contributed by atoms with Crippen LogP contribution in [-0.4, -0.2) is 9.56 Å². The van der Waals surface area contributed by atoms with Crippen molar-refractivity contribution in [3.05, 3.63) is 95.1 Å². The summed E-state index contributed by atoms with van der Waals surface area (Å²) >= 11 is 12.3. The van der Waals surface area contributed by atoms with E-state index in [0.29, 0.717) is 10.0 Å². The normalized spacial score (nSPS) is 10.8. The SMILES string of the molecule is Cc1ccccc1Nc1ccc(C(=S)n2ccc3ccccc32)c(Cl)c1. The van der Waals surface area contributed by atoms with Crippen molar-refractivity contribution in [1.29, 1.82) is 0 Å². The molecule has 0 aliphatic heterocycles. The number of aromatic nitrogens is 1. The first kappa shape index (κ1) is 16.8. The summed E-state index contributed by atoms with van der Waals surface area (Å²) in [5.74, 6) is 0. The van der Waals surface area contributed by atoms with Crippen LogP contribution in [0, 0.1) is 6.92 Å². The molecule has 0 radical (unpaired) electrons. The molecule has 0 atom stereocenters. The molecule has 3 aromatic carbocycles. The van der Waals surface area contributed by atoms with Gasteiger partial charge >= 0.3 is 0 Å². The number of thiocarbonyl (C=S) groups is 1. The topological polar surface area (TPSA) is 17.0 Å². The second kappa shape index (κ2) is 6.94. The second-order valence-corrected chi connectivity index (χ2v) is 6.98. The molecule has 2 nitrogen and oxygen atoms in total. The van der Waals surface area contributed by atoms with Gasteiger partial charge in [-0.05, 0) is 54.3 Å². The van der Waals surface area contributed by atoms with E-state index < -0.39 is 0 Å². The monoisotopic (exact) mass is 376 g/mol. The first-order valence-corrected chi connectivity index (χ1v) is 9.15. The van der Waals surface area contributed by atoms with Crippen molar-refractivity contribution in [3.63, 3.8) is 0 Å². The molecule has 0 unspecified atom stereocenters. The Balaban J connectivity index is 1.66. The Bertz CT molecular complexity index is 1110. The molecule has 4 heteroatoms. The van der Waals surface area contributed by atoms with Gasteiger partial charge in [0.2, 0.25) is 0 Å². The molecule has 1 heterocycles. The zero-order chi connectivity index (χ0) is 18.1. The highest BCUT2D eigenvalue weighted by atomic mass is 35.5. The van der Waals surface area contributed by atoms with Crippen molar-refractivity contribution >= 4 is 51.1 Å². The fraction of sp³-hybridized carbons (Fsp3) is 0.0455. The van der Waals surface area contributed by atoms with Crippen molar-refractivity contribution in [2.75, 3.05) is 5.32 Å². The van der Waals surface area contributed by atoms with Gasteiger partial charge in [0.15, 0.2) is 0 Å². The molecule has 128 valence electrons. The summed E-state index contributed by atoms with van der Waals surface area (Å²) in [5, 5.41) is 5.20. The summed E-state index contributed by atoms with van der Waals surface area (Å²) in [6.07, 6.45) is 1.99. The minimum Gasteiger partial charge on any atom is -0.355 e. The van der Waals surface area contributed by atoms with Crippen LogP contribution in [-0.2, 0) is 0 Å². The lowest BCUT2D eigenvalue weighted by Crippen LogP contribution is -2.10. The number of anilines is 2. The maximum absolute atomic E-state index is 6.56. The van der Waals surface area contributed by atoms with E-state index in [9.17, 15) is 0 Å². The second-order valence-electron chi connectivity index (χ2n) is 6.18. The van der Waals surface area contributed by atoms with E-state index in [0.717, 1.165) is 27.8 Å². The molecule has 26 heavy (non-hydrogen) atoms. The number of nitrogens with zero attached hydrogens (tertiary/aromatic N) is 1. The number of nitrogens with one attached hydrogen (secondary N) is 1. The van der Waals surface area contributed by atoms with E-state index in [4.69, 9.17) is 23.8 Å². The number of benzene rings is 3. The first-order valence-electron chi connectivity index (χ1n) is 8.36. The minimum absolute atomic E-state index is 0.631. The van der Waals surface area contributed by atoms with E-state index in [2.05, 4.69) is 36.5 Å². The van der Waals surface area contributed by atoms with Gasteiger partial charge in [-0.2, -0.15) is 0 Å². The summed E-state index contributed by atoms with van der Waals surface area (Å²) in [5.41, 5.74) is 5.11. The fourth-order valence-corrected chi connectivity index (χ4v) is 3.69. The largest absolute Gasteiger partial charge is 0.355 e. The van der Waals surface area contributed by atoms with Crippen molar-refractivity contribution in [2.45, 2.75) is 6.92 Å². The number of para-hydroxylation sites is 2. The van der Waals surface area contributed by atoms with Crippen LogP contribution in [0.25, 0.3) is 10.9 Å². The van der Waals surface area contributed by atoms with Crippen LogP contribution in [0.15, 0.2) is 79.0 Å². The molecule has 4 aromatic rings. The lowest BCUT2D eigenvalue weighted by Gasteiger charge is -2.13. The number of aryl methyl sites for hydroxylation is 1. The molecular weight excluding hydrogens is 360 g/mol. The van der Waals surface area contributed by atoms with Gasteiger partial charge in [-0.1, -0.05) is 60.2 Å². The molecule has 0 saturated heterocycles. The zero-order valence-electron chi connectivity index (χ0n) is 14.2. The van der Waals surface area contributed by atoms with Crippen LogP contribution in [0.3, 0.4) is 0 Å². The van der Waals surface area contributed by atoms with Gasteiger partial charge in [0.25, 0.3) is 0 Å². The Morgan fingerprint density at radius 2 is 1.73 bits per heavy atom. The average Bonchev–Trinajstić information content (AvgIpc) is 3.07. The zero-order valence-corrected chi connectivity index (χ0v) is 15.8. The van der Waals surface area contributed by atoms with Crippen LogP contribution in [0.4, 0.5) is 11.4 Å². The lowest BCUT2D eigenvalue weighted by molar-refractivity contribution is 1.24. The summed E-state index contributed by atoms with van der Waals surface area (Å²) in [7, 11) is 0. The van der Waals surface area contributed by atoms with Crippen LogP contribution >= 0.6 is 23.8 Å². The number of hydrogen-bond donors (Lipinski definition) is 1. The van der Waals surface area contributed by atoms with E-state index in [1.807, 2.05) is 59.3 Å². The van der Waals surface area contributed by atoms with Crippen LogP contribution in [0.5, 0.6) is 0 Å². The molecule has 0 bridgehead atoms. The third-order valence-corrected chi connectivity index (χ3v) is 5.17. The molecule has 0 aliphatic carbocycles.